The van der Waals surface area contributed by atoms with Crippen molar-refractivity contribution >= 4 is 11.8 Å². The Morgan fingerprint density at radius 1 is 1.12 bits per heavy atom. The third-order valence-corrected chi connectivity index (χ3v) is 5.73. The Kier molecular flexibility index (Phi) is 7.53. The lowest BCUT2D eigenvalue weighted by Crippen LogP contribution is -2.48. The highest BCUT2D eigenvalue weighted by atomic mass is 16.3. The maximum absolute atomic E-state index is 12.2. The maximum atomic E-state index is 12.2. The zero-order valence-corrected chi connectivity index (χ0v) is 15.1. The fourth-order valence-corrected chi connectivity index (χ4v) is 4.04. The SMILES string of the molecule is CCCC(NC(=O)C(=O)NCCCC1(O)CCC1)C1CCCCC1. The number of nitrogens with one attached hydrogen (secondary N) is 2. The van der Waals surface area contributed by atoms with Crippen LogP contribution in [0.5, 0.6) is 0 Å². The van der Waals surface area contributed by atoms with Crippen molar-refractivity contribution in [3.8, 4) is 0 Å². The summed E-state index contributed by atoms with van der Waals surface area (Å²) >= 11 is 0. The Balaban J connectivity index is 1.68. The molecule has 0 aromatic heterocycles. The highest BCUT2D eigenvalue weighted by Crippen LogP contribution is 2.35. The van der Waals surface area contributed by atoms with E-state index < -0.39 is 17.4 Å². The van der Waals surface area contributed by atoms with Gasteiger partial charge in [0.1, 0.15) is 0 Å². The van der Waals surface area contributed by atoms with E-state index in [0.717, 1.165) is 51.4 Å². The molecule has 24 heavy (non-hydrogen) atoms. The Hall–Kier alpha value is -1.10. The number of amides is 2. The van der Waals surface area contributed by atoms with Gasteiger partial charge in [-0.2, -0.15) is 0 Å². The number of hydrogen-bond donors (Lipinski definition) is 3. The molecule has 5 nitrogen and oxygen atoms in total. The monoisotopic (exact) mass is 338 g/mol. The van der Waals surface area contributed by atoms with E-state index >= 15 is 0 Å². The minimum Gasteiger partial charge on any atom is -0.390 e. The molecule has 2 amide bonds. The van der Waals surface area contributed by atoms with E-state index in [0.29, 0.717) is 18.9 Å². The summed E-state index contributed by atoms with van der Waals surface area (Å²) in [4.78, 5) is 24.1. The van der Waals surface area contributed by atoms with E-state index in [2.05, 4.69) is 17.6 Å². The Morgan fingerprint density at radius 2 is 1.83 bits per heavy atom. The van der Waals surface area contributed by atoms with E-state index in [9.17, 15) is 14.7 Å². The summed E-state index contributed by atoms with van der Waals surface area (Å²) in [6.45, 7) is 2.57. The first-order chi connectivity index (χ1) is 11.5. The fraction of sp³-hybridized carbons (Fsp3) is 0.895. The van der Waals surface area contributed by atoms with Crippen LogP contribution in [-0.4, -0.2) is 35.1 Å². The van der Waals surface area contributed by atoms with Gasteiger partial charge in [0, 0.05) is 12.6 Å². The van der Waals surface area contributed by atoms with E-state index in [1.165, 1.54) is 19.3 Å². The molecule has 0 aromatic rings. The molecule has 1 unspecified atom stereocenters. The standard InChI is InChI=1S/C19H34N2O3/c1-2-8-16(15-9-4-3-5-10-15)21-18(23)17(22)20-14-7-13-19(24)11-6-12-19/h15-16,24H,2-14H2,1H3,(H,20,22)(H,21,23). The minimum atomic E-state index is -0.535. The first-order valence-corrected chi connectivity index (χ1v) is 9.85. The van der Waals surface area contributed by atoms with Gasteiger partial charge in [-0.1, -0.05) is 32.6 Å². The molecule has 0 radical (unpaired) electrons. The molecule has 0 spiro atoms. The largest absolute Gasteiger partial charge is 0.390 e. The number of aliphatic hydroxyl groups is 1. The molecule has 0 aliphatic heterocycles. The van der Waals surface area contributed by atoms with Gasteiger partial charge >= 0.3 is 11.8 Å². The van der Waals surface area contributed by atoms with Gasteiger partial charge in [-0.3, -0.25) is 9.59 Å². The van der Waals surface area contributed by atoms with Gasteiger partial charge in [0.2, 0.25) is 0 Å². The predicted molar refractivity (Wildman–Crippen MR) is 94.5 cm³/mol. The minimum absolute atomic E-state index is 0.129. The molecule has 0 heterocycles. The first kappa shape index (κ1) is 19.2. The van der Waals surface area contributed by atoms with Crippen LogP contribution in [0.1, 0.15) is 84.0 Å². The second-order valence-electron chi connectivity index (χ2n) is 7.70. The van der Waals surface area contributed by atoms with Crippen LogP contribution in [-0.2, 0) is 9.59 Å². The van der Waals surface area contributed by atoms with Gasteiger partial charge in [-0.05, 0) is 57.3 Å². The maximum Gasteiger partial charge on any atom is 0.309 e. The summed E-state index contributed by atoms with van der Waals surface area (Å²) in [6.07, 6.45) is 12.3. The van der Waals surface area contributed by atoms with Crippen LogP contribution in [0.15, 0.2) is 0 Å². The topological polar surface area (TPSA) is 78.4 Å². The third kappa shape index (κ3) is 5.76. The smallest absolute Gasteiger partial charge is 0.309 e. The molecular weight excluding hydrogens is 304 g/mol. The van der Waals surface area contributed by atoms with Gasteiger partial charge in [0.05, 0.1) is 5.60 Å². The summed E-state index contributed by atoms with van der Waals surface area (Å²) in [6, 6.07) is 0.129. The normalized spacial score (nSPS) is 21.6. The first-order valence-electron chi connectivity index (χ1n) is 9.85. The van der Waals surface area contributed by atoms with Crippen LogP contribution in [0.2, 0.25) is 0 Å². The summed E-state index contributed by atoms with van der Waals surface area (Å²) in [7, 11) is 0. The summed E-state index contributed by atoms with van der Waals surface area (Å²) in [5.41, 5.74) is -0.514. The predicted octanol–water partition coefficient (Wildman–Crippen LogP) is 2.66. The highest BCUT2D eigenvalue weighted by Gasteiger charge is 2.33. The number of rotatable bonds is 8. The lowest BCUT2D eigenvalue weighted by Gasteiger charge is -2.36. The van der Waals surface area contributed by atoms with Crippen LogP contribution >= 0.6 is 0 Å². The van der Waals surface area contributed by atoms with Crippen LogP contribution in [0, 0.1) is 5.92 Å². The van der Waals surface area contributed by atoms with Crippen LogP contribution in [0.4, 0.5) is 0 Å². The van der Waals surface area contributed by atoms with Crippen LogP contribution in [0.3, 0.4) is 0 Å². The van der Waals surface area contributed by atoms with Crippen molar-refractivity contribution in [2.45, 2.75) is 95.6 Å². The van der Waals surface area contributed by atoms with Crippen LogP contribution < -0.4 is 10.6 Å². The van der Waals surface area contributed by atoms with E-state index in [1.54, 1.807) is 0 Å². The quantitative estimate of drug-likeness (QED) is 0.470. The second-order valence-corrected chi connectivity index (χ2v) is 7.70. The molecule has 138 valence electrons. The third-order valence-electron chi connectivity index (χ3n) is 5.73. The molecular formula is C19H34N2O3. The zero-order valence-electron chi connectivity index (χ0n) is 15.1. The van der Waals surface area contributed by atoms with Crippen molar-refractivity contribution in [3.63, 3.8) is 0 Å². The van der Waals surface area contributed by atoms with Crippen LogP contribution in [0.25, 0.3) is 0 Å². The average Bonchev–Trinajstić information content (AvgIpc) is 2.57. The van der Waals surface area contributed by atoms with Crippen molar-refractivity contribution < 1.29 is 14.7 Å². The fourth-order valence-electron chi connectivity index (χ4n) is 4.04. The Bertz CT molecular complexity index is 415. The molecule has 0 saturated heterocycles. The average molecular weight is 338 g/mol. The highest BCUT2D eigenvalue weighted by molar-refractivity contribution is 6.35. The van der Waals surface area contributed by atoms with E-state index in [-0.39, 0.29) is 6.04 Å². The molecule has 3 N–H and O–H groups in total. The van der Waals surface area contributed by atoms with Crippen molar-refractivity contribution in [1.29, 1.82) is 0 Å². The lowest BCUT2D eigenvalue weighted by molar-refractivity contribution is -0.140. The molecule has 0 bridgehead atoms. The van der Waals surface area contributed by atoms with Gasteiger partial charge in [0.15, 0.2) is 0 Å². The molecule has 5 heteroatoms. The Morgan fingerprint density at radius 3 is 2.42 bits per heavy atom. The van der Waals surface area contributed by atoms with Crippen molar-refractivity contribution in [1.82, 2.24) is 10.6 Å². The summed E-state index contributed by atoms with van der Waals surface area (Å²) < 4.78 is 0. The van der Waals surface area contributed by atoms with E-state index in [4.69, 9.17) is 0 Å². The molecule has 0 aromatic carbocycles. The van der Waals surface area contributed by atoms with Crippen molar-refractivity contribution in [2.24, 2.45) is 5.92 Å². The van der Waals surface area contributed by atoms with E-state index in [1.807, 2.05) is 0 Å². The molecule has 2 aliphatic carbocycles. The number of carbonyl (C=O) groups is 2. The molecule has 1 atom stereocenters. The number of carbonyl (C=O) groups excluding carboxylic acids is 2. The molecule has 2 aliphatic rings. The lowest BCUT2D eigenvalue weighted by atomic mass is 9.77. The number of hydrogen-bond acceptors (Lipinski definition) is 3. The molecule has 2 saturated carbocycles. The van der Waals surface area contributed by atoms with Gasteiger partial charge in [0.25, 0.3) is 0 Å². The van der Waals surface area contributed by atoms with Gasteiger partial charge in [-0.15, -0.1) is 0 Å². The summed E-state index contributed by atoms with van der Waals surface area (Å²) in [5, 5.41) is 15.7. The molecule has 2 rings (SSSR count). The second kappa shape index (κ2) is 9.40. The van der Waals surface area contributed by atoms with Gasteiger partial charge < -0.3 is 15.7 Å². The van der Waals surface area contributed by atoms with Gasteiger partial charge in [-0.25, -0.2) is 0 Å². The summed E-state index contributed by atoms with van der Waals surface area (Å²) in [5.74, 6) is -0.516. The zero-order chi connectivity index (χ0) is 17.4. The van der Waals surface area contributed by atoms with Crippen molar-refractivity contribution in [2.75, 3.05) is 6.54 Å². The Labute approximate surface area is 146 Å². The van der Waals surface area contributed by atoms with Crippen molar-refractivity contribution in [3.05, 3.63) is 0 Å². The molecule has 2 fully saturated rings.